The first kappa shape index (κ1) is 13.2. The van der Waals surface area contributed by atoms with Gasteiger partial charge in [-0.2, -0.15) is 0 Å². The standard InChI is InChI=1S/C13H19O2PS/c1-2-17-16(15,12-8-4-3-5-9-12)13(14)10-6-7-11-13/h3-5,8-9,14H,2,6-7,10-11H2,1H3. The molecule has 0 saturated heterocycles. The van der Waals surface area contributed by atoms with Crippen LogP contribution in [-0.4, -0.2) is 16.2 Å². The first-order valence-electron chi connectivity index (χ1n) is 6.15. The number of hydrogen-bond acceptors (Lipinski definition) is 3. The van der Waals surface area contributed by atoms with Crippen molar-refractivity contribution in [2.24, 2.45) is 0 Å². The van der Waals surface area contributed by atoms with Crippen LogP contribution in [0.15, 0.2) is 30.3 Å². The second kappa shape index (κ2) is 5.17. The van der Waals surface area contributed by atoms with E-state index in [2.05, 4.69) is 0 Å². The fourth-order valence-electron chi connectivity index (χ4n) is 2.48. The van der Waals surface area contributed by atoms with Gasteiger partial charge in [0, 0.05) is 5.30 Å². The first-order chi connectivity index (χ1) is 8.12. The zero-order chi connectivity index (χ0) is 12.4. The summed E-state index contributed by atoms with van der Waals surface area (Å²) in [5, 5.41) is 10.5. The highest BCUT2D eigenvalue weighted by atomic mass is 32.7. The van der Waals surface area contributed by atoms with E-state index in [0.29, 0.717) is 12.8 Å². The van der Waals surface area contributed by atoms with Crippen LogP contribution in [0.25, 0.3) is 0 Å². The van der Waals surface area contributed by atoms with Crippen LogP contribution in [0.2, 0.25) is 0 Å². The van der Waals surface area contributed by atoms with Crippen molar-refractivity contribution < 1.29 is 9.67 Å². The van der Waals surface area contributed by atoms with Gasteiger partial charge in [-0.25, -0.2) is 0 Å². The number of rotatable bonds is 4. The molecule has 1 unspecified atom stereocenters. The molecule has 0 heterocycles. The molecule has 1 aromatic carbocycles. The molecule has 1 aliphatic carbocycles. The molecule has 1 aliphatic rings. The summed E-state index contributed by atoms with van der Waals surface area (Å²) in [4.78, 5) is 0. The summed E-state index contributed by atoms with van der Waals surface area (Å²) in [7, 11) is 0. The van der Waals surface area contributed by atoms with Crippen LogP contribution in [0.1, 0.15) is 32.6 Å². The molecule has 0 radical (unpaired) electrons. The molecule has 1 N–H and O–H groups in total. The van der Waals surface area contributed by atoms with Crippen molar-refractivity contribution in [2.75, 3.05) is 5.75 Å². The summed E-state index contributed by atoms with van der Waals surface area (Å²) in [5.41, 5.74) is 0. The quantitative estimate of drug-likeness (QED) is 0.849. The Morgan fingerprint density at radius 2 is 1.88 bits per heavy atom. The molecule has 4 heteroatoms. The lowest BCUT2D eigenvalue weighted by molar-refractivity contribution is 0.134. The lowest BCUT2D eigenvalue weighted by atomic mass is 10.3. The van der Waals surface area contributed by atoms with Crippen LogP contribution < -0.4 is 5.30 Å². The van der Waals surface area contributed by atoms with Gasteiger partial charge < -0.3 is 9.67 Å². The van der Waals surface area contributed by atoms with Crippen molar-refractivity contribution in [2.45, 2.75) is 37.9 Å². The van der Waals surface area contributed by atoms with E-state index in [0.717, 1.165) is 23.9 Å². The molecular formula is C13H19O2PS. The summed E-state index contributed by atoms with van der Waals surface area (Å²) < 4.78 is 13.3. The monoisotopic (exact) mass is 270 g/mol. The highest BCUT2D eigenvalue weighted by Crippen LogP contribution is 2.70. The van der Waals surface area contributed by atoms with Crippen molar-refractivity contribution in [3.05, 3.63) is 30.3 Å². The van der Waals surface area contributed by atoms with Crippen LogP contribution in [-0.2, 0) is 4.57 Å². The van der Waals surface area contributed by atoms with Crippen LogP contribution in [0.4, 0.5) is 0 Å². The van der Waals surface area contributed by atoms with Crippen molar-refractivity contribution in [1.29, 1.82) is 0 Å². The lowest BCUT2D eigenvalue weighted by Gasteiger charge is -2.32. The predicted molar refractivity (Wildman–Crippen MR) is 75.2 cm³/mol. The molecule has 0 spiro atoms. The van der Waals surface area contributed by atoms with E-state index in [1.54, 1.807) is 0 Å². The molecule has 94 valence electrons. The molecule has 1 saturated carbocycles. The van der Waals surface area contributed by atoms with E-state index in [1.165, 1.54) is 11.4 Å². The summed E-state index contributed by atoms with van der Waals surface area (Å²) in [6.07, 6.45) is 0.554. The molecule has 0 amide bonds. The van der Waals surface area contributed by atoms with E-state index in [9.17, 15) is 9.67 Å². The van der Waals surface area contributed by atoms with Gasteiger partial charge in [-0.1, -0.05) is 48.6 Å². The smallest absolute Gasteiger partial charge is 0.197 e. The minimum Gasteiger partial charge on any atom is -0.381 e. The third-order valence-corrected chi connectivity index (χ3v) is 10.0. The SMILES string of the molecule is CCSP(=O)(c1ccccc1)C1(O)CCCC1. The third-order valence-electron chi connectivity index (χ3n) is 3.36. The Balaban J connectivity index is 2.43. The average molecular weight is 270 g/mol. The van der Waals surface area contributed by atoms with Gasteiger partial charge in [0.1, 0.15) is 5.34 Å². The summed E-state index contributed by atoms with van der Waals surface area (Å²) in [6.45, 7) is 2.00. The average Bonchev–Trinajstić information content (AvgIpc) is 2.79. The van der Waals surface area contributed by atoms with Gasteiger partial charge in [-0.3, -0.25) is 0 Å². The Bertz CT molecular complexity index is 413. The zero-order valence-corrected chi connectivity index (χ0v) is 11.8. The molecule has 17 heavy (non-hydrogen) atoms. The van der Waals surface area contributed by atoms with Gasteiger partial charge in [0.2, 0.25) is 0 Å². The minimum atomic E-state index is -2.76. The van der Waals surface area contributed by atoms with E-state index in [-0.39, 0.29) is 0 Å². The molecule has 0 bridgehead atoms. The van der Waals surface area contributed by atoms with Gasteiger partial charge in [0.25, 0.3) is 0 Å². The van der Waals surface area contributed by atoms with E-state index < -0.39 is 11.7 Å². The Hall–Kier alpha value is -0.240. The zero-order valence-electron chi connectivity index (χ0n) is 10.1. The van der Waals surface area contributed by atoms with Crippen molar-refractivity contribution in [3.63, 3.8) is 0 Å². The molecule has 2 nitrogen and oxygen atoms in total. The Labute approximate surface area is 107 Å². The second-order valence-electron chi connectivity index (χ2n) is 4.49. The predicted octanol–water partition coefficient (Wildman–Crippen LogP) is 3.61. The summed E-state index contributed by atoms with van der Waals surface area (Å²) in [5.74, 6) is 0.772. The van der Waals surface area contributed by atoms with Gasteiger partial charge in [-0.15, -0.1) is 0 Å². The molecule has 0 aliphatic heterocycles. The maximum Gasteiger partial charge on any atom is 0.197 e. The van der Waals surface area contributed by atoms with Gasteiger partial charge in [0.15, 0.2) is 6.34 Å². The number of hydrogen-bond donors (Lipinski definition) is 1. The second-order valence-corrected chi connectivity index (χ2v) is 10.1. The lowest BCUT2D eigenvalue weighted by Crippen LogP contribution is -2.28. The molecule has 1 atom stereocenters. The molecular weight excluding hydrogens is 251 g/mol. The maximum absolute atomic E-state index is 13.3. The highest BCUT2D eigenvalue weighted by Gasteiger charge is 2.49. The summed E-state index contributed by atoms with van der Waals surface area (Å²) in [6, 6.07) is 9.50. The molecule has 2 rings (SSSR count). The van der Waals surface area contributed by atoms with E-state index >= 15 is 0 Å². The highest BCUT2D eigenvalue weighted by molar-refractivity contribution is 8.60. The molecule has 1 aromatic rings. The summed E-state index contributed by atoms with van der Waals surface area (Å²) >= 11 is 1.43. The van der Waals surface area contributed by atoms with Gasteiger partial charge >= 0.3 is 0 Å². The Morgan fingerprint density at radius 1 is 1.29 bits per heavy atom. The Morgan fingerprint density at radius 3 is 2.41 bits per heavy atom. The number of benzene rings is 1. The van der Waals surface area contributed by atoms with Crippen LogP contribution in [0.5, 0.6) is 0 Å². The molecule has 1 fully saturated rings. The fraction of sp³-hybridized carbons (Fsp3) is 0.538. The number of aliphatic hydroxyl groups is 1. The topological polar surface area (TPSA) is 37.3 Å². The van der Waals surface area contributed by atoms with Crippen LogP contribution >= 0.6 is 17.7 Å². The minimum absolute atomic E-state index is 0.673. The Kier molecular flexibility index (Phi) is 4.02. The fourth-order valence-corrected chi connectivity index (χ4v) is 8.35. The normalized spacial score (nSPS) is 22.2. The molecule has 0 aromatic heterocycles. The first-order valence-corrected chi connectivity index (χ1v) is 9.45. The van der Waals surface area contributed by atoms with Crippen LogP contribution in [0, 0.1) is 0 Å². The van der Waals surface area contributed by atoms with Crippen molar-refractivity contribution in [1.82, 2.24) is 0 Å². The largest absolute Gasteiger partial charge is 0.381 e. The van der Waals surface area contributed by atoms with Crippen molar-refractivity contribution >= 4 is 23.0 Å². The van der Waals surface area contributed by atoms with Gasteiger partial charge in [-0.05, 0) is 31.4 Å². The van der Waals surface area contributed by atoms with E-state index in [4.69, 9.17) is 0 Å². The van der Waals surface area contributed by atoms with Gasteiger partial charge in [0.05, 0.1) is 0 Å². The third kappa shape index (κ3) is 2.33. The van der Waals surface area contributed by atoms with Crippen molar-refractivity contribution in [3.8, 4) is 0 Å². The van der Waals surface area contributed by atoms with E-state index in [1.807, 2.05) is 37.3 Å². The van der Waals surface area contributed by atoms with Crippen LogP contribution in [0.3, 0.4) is 0 Å². The maximum atomic E-state index is 13.3.